The fraction of sp³-hybridized carbons (Fsp3) is 0.421. The average molecular weight is 338 g/mol. The number of aryl methyl sites for hydroxylation is 1. The van der Waals surface area contributed by atoms with Crippen LogP contribution < -0.4 is 10.6 Å². The van der Waals surface area contributed by atoms with Gasteiger partial charge in [0.1, 0.15) is 11.4 Å². The predicted molar refractivity (Wildman–Crippen MR) is 94.5 cm³/mol. The number of hydrogen-bond acceptors (Lipinski definition) is 5. The van der Waals surface area contributed by atoms with Gasteiger partial charge in [0.2, 0.25) is 0 Å². The fourth-order valence-corrected chi connectivity index (χ4v) is 3.48. The summed E-state index contributed by atoms with van der Waals surface area (Å²) in [5, 5.41) is 6.42. The zero-order valence-corrected chi connectivity index (χ0v) is 14.3. The molecule has 1 aromatic heterocycles. The quantitative estimate of drug-likeness (QED) is 0.894. The molecule has 25 heavy (non-hydrogen) atoms. The first-order valence-corrected chi connectivity index (χ1v) is 8.79. The number of nitrogens with one attached hydrogen (secondary N) is 2. The van der Waals surface area contributed by atoms with Gasteiger partial charge < -0.3 is 15.4 Å². The van der Waals surface area contributed by atoms with Gasteiger partial charge >= 0.3 is 0 Å². The lowest BCUT2D eigenvalue weighted by molar-refractivity contribution is -0.129. The average Bonchev–Trinajstić information content (AvgIpc) is 2.70. The molecule has 1 aromatic carbocycles. The Bertz CT molecular complexity index is 736. The number of amides is 1. The summed E-state index contributed by atoms with van der Waals surface area (Å²) in [5.41, 5.74) is 2.15. The van der Waals surface area contributed by atoms with Gasteiger partial charge in [0.15, 0.2) is 0 Å². The fourth-order valence-electron chi connectivity index (χ4n) is 3.48. The molecule has 2 unspecified atom stereocenters. The Balaban J connectivity index is 1.45. The first kappa shape index (κ1) is 16.2. The normalized spacial score (nSPS) is 24.9. The topological polar surface area (TPSA) is 76.1 Å². The molecular formula is C19H22N4O2. The number of rotatable bonds is 4. The van der Waals surface area contributed by atoms with Crippen LogP contribution in [0.15, 0.2) is 36.7 Å². The molecule has 0 spiro atoms. The third-order valence-electron chi connectivity index (χ3n) is 5.09. The Labute approximate surface area is 147 Å². The van der Waals surface area contributed by atoms with Gasteiger partial charge in [-0.15, -0.1) is 0 Å². The maximum Gasteiger partial charge on any atom is 0.258 e. The number of ether oxygens (including phenoxy) is 1. The van der Waals surface area contributed by atoms with E-state index in [9.17, 15) is 4.79 Å². The van der Waals surface area contributed by atoms with Crippen LogP contribution in [0.1, 0.15) is 41.5 Å². The molecule has 3 saturated heterocycles. The minimum absolute atomic E-state index is 0.204. The number of morpholine rings is 1. The molecule has 0 aliphatic carbocycles. The van der Waals surface area contributed by atoms with Crippen LogP contribution in [0.25, 0.3) is 0 Å². The molecule has 2 bridgehead atoms. The van der Waals surface area contributed by atoms with Gasteiger partial charge in [-0.2, -0.15) is 0 Å². The molecule has 5 rings (SSSR count). The standard InChI is InChI=1S/C19H22N4O2/c1-2-17-20-9-13(10-21-17)18(24)23-15-5-3-14(4-6-15)19-8-7-16(11-25-19)22-12-19/h3-6,9-10,16,22H,2,7-8,11-12H2,1H3,(H,23,24). The Kier molecular flexibility index (Phi) is 4.23. The summed E-state index contributed by atoms with van der Waals surface area (Å²) in [5.74, 6) is 0.528. The van der Waals surface area contributed by atoms with Crippen LogP contribution in [0, 0.1) is 0 Å². The van der Waals surface area contributed by atoms with Gasteiger partial charge in [-0.05, 0) is 30.5 Å². The smallest absolute Gasteiger partial charge is 0.258 e. The summed E-state index contributed by atoms with van der Waals surface area (Å²) in [6, 6.07) is 8.43. The maximum atomic E-state index is 12.3. The molecule has 130 valence electrons. The maximum absolute atomic E-state index is 12.3. The Hall–Kier alpha value is -2.31. The first-order valence-electron chi connectivity index (χ1n) is 8.79. The van der Waals surface area contributed by atoms with Crippen molar-refractivity contribution < 1.29 is 9.53 Å². The third-order valence-corrected chi connectivity index (χ3v) is 5.09. The van der Waals surface area contributed by atoms with Crippen molar-refractivity contribution in [3.63, 3.8) is 0 Å². The number of carbonyl (C=O) groups excluding carboxylic acids is 1. The van der Waals surface area contributed by atoms with Crippen molar-refractivity contribution in [1.82, 2.24) is 15.3 Å². The SMILES string of the molecule is CCc1ncc(C(=O)Nc2ccc(C34CCC(CO3)NC4)cc2)cn1. The molecule has 0 radical (unpaired) electrons. The molecule has 6 nitrogen and oxygen atoms in total. The molecule has 4 heterocycles. The van der Waals surface area contributed by atoms with Gasteiger partial charge in [-0.25, -0.2) is 9.97 Å². The number of aromatic nitrogens is 2. The molecule has 2 atom stereocenters. The van der Waals surface area contributed by atoms with E-state index in [2.05, 4.69) is 20.6 Å². The summed E-state index contributed by atoms with van der Waals surface area (Å²) in [6.07, 6.45) is 6.06. The van der Waals surface area contributed by atoms with Crippen molar-refractivity contribution in [3.05, 3.63) is 53.6 Å². The molecule has 3 fully saturated rings. The van der Waals surface area contributed by atoms with E-state index in [1.54, 1.807) is 12.4 Å². The summed E-state index contributed by atoms with van der Waals surface area (Å²) in [4.78, 5) is 20.6. The van der Waals surface area contributed by atoms with Gasteiger partial charge in [-0.3, -0.25) is 4.79 Å². The highest BCUT2D eigenvalue weighted by Crippen LogP contribution is 2.38. The summed E-state index contributed by atoms with van der Waals surface area (Å²) >= 11 is 0. The van der Waals surface area contributed by atoms with Crippen molar-refractivity contribution in [2.75, 3.05) is 18.5 Å². The summed E-state index contributed by atoms with van der Waals surface area (Å²) in [6.45, 7) is 3.60. The van der Waals surface area contributed by atoms with Crippen molar-refractivity contribution in [3.8, 4) is 0 Å². The summed E-state index contributed by atoms with van der Waals surface area (Å²) in [7, 11) is 0. The number of benzene rings is 1. The molecule has 0 saturated carbocycles. The van der Waals surface area contributed by atoms with Crippen molar-refractivity contribution in [2.45, 2.75) is 37.8 Å². The van der Waals surface area contributed by atoms with E-state index in [1.165, 1.54) is 0 Å². The second-order valence-electron chi connectivity index (χ2n) is 6.69. The van der Waals surface area contributed by atoms with Crippen molar-refractivity contribution in [2.24, 2.45) is 0 Å². The summed E-state index contributed by atoms with van der Waals surface area (Å²) < 4.78 is 6.10. The highest BCUT2D eigenvalue weighted by atomic mass is 16.5. The highest BCUT2D eigenvalue weighted by Gasteiger charge is 2.42. The minimum Gasteiger partial charge on any atom is -0.367 e. The van der Waals surface area contributed by atoms with E-state index in [0.717, 1.165) is 49.5 Å². The predicted octanol–water partition coefficient (Wildman–Crippen LogP) is 2.27. The van der Waals surface area contributed by atoms with E-state index in [1.807, 2.05) is 31.2 Å². The number of anilines is 1. The van der Waals surface area contributed by atoms with Gasteiger partial charge in [0.05, 0.1) is 12.2 Å². The van der Waals surface area contributed by atoms with E-state index in [0.29, 0.717) is 11.6 Å². The zero-order chi connectivity index (χ0) is 17.3. The Morgan fingerprint density at radius 2 is 2.08 bits per heavy atom. The van der Waals surface area contributed by atoms with Gasteiger partial charge in [-0.1, -0.05) is 19.1 Å². The largest absolute Gasteiger partial charge is 0.367 e. The third kappa shape index (κ3) is 3.15. The lowest BCUT2D eigenvalue weighted by atomic mass is 9.81. The monoisotopic (exact) mass is 338 g/mol. The van der Waals surface area contributed by atoms with Gasteiger partial charge in [0.25, 0.3) is 5.91 Å². The van der Waals surface area contributed by atoms with Crippen LogP contribution in [0.3, 0.4) is 0 Å². The molecular weight excluding hydrogens is 316 g/mol. The first-order chi connectivity index (χ1) is 12.2. The lowest BCUT2D eigenvalue weighted by Crippen LogP contribution is -2.57. The van der Waals surface area contributed by atoms with Gasteiger partial charge in [0, 0.05) is 37.1 Å². The Morgan fingerprint density at radius 1 is 1.32 bits per heavy atom. The number of piperidine rings is 1. The zero-order valence-electron chi connectivity index (χ0n) is 14.3. The van der Waals surface area contributed by atoms with Crippen LogP contribution in [-0.4, -0.2) is 35.1 Å². The van der Waals surface area contributed by atoms with E-state index in [4.69, 9.17) is 4.74 Å². The van der Waals surface area contributed by atoms with Crippen LogP contribution in [-0.2, 0) is 16.8 Å². The number of carbonyl (C=O) groups is 1. The van der Waals surface area contributed by atoms with E-state index < -0.39 is 0 Å². The number of hydrogen-bond donors (Lipinski definition) is 2. The van der Waals surface area contributed by atoms with Crippen LogP contribution in [0.2, 0.25) is 0 Å². The molecule has 6 heteroatoms. The molecule has 2 N–H and O–H groups in total. The Morgan fingerprint density at radius 3 is 2.64 bits per heavy atom. The van der Waals surface area contributed by atoms with E-state index in [-0.39, 0.29) is 11.5 Å². The lowest BCUT2D eigenvalue weighted by Gasteiger charge is -2.47. The van der Waals surface area contributed by atoms with Crippen molar-refractivity contribution in [1.29, 1.82) is 0 Å². The molecule has 2 aromatic rings. The number of nitrogens with zero attached hydrogens (tertiary/aromatic N) is 2. The number of fused-ring (bicyclic) bond motifs is 3. The molecule has 3 aliphatic rings. The van der Waals surface area contributed by atoms with Crippen LogP contribution in [0.4, 0.5) is 5.69 Å². The molecule has 3 aliphatic heterocycles. The second-order valence-corrected chi connectivity index (χ2v) is 6.69. The highest BCUT2D eigenvalue weighted by molar-refractivity contribution is 6.03. The minimum atomic E-state index is -0.221. The van der Waals surface area contributed by atoms with E-state index >= 15 is 0 Å². The second kappa shape index (κ2) is 6.54. The van der Waals surface area contributed by atoms with Crippen molar-refractivity contribution >= 4 is 11.6 Å². The molecule has 1 amide bonds. The van der Waals surface area contributed by atoms with Crippen LogP contribution in [0.5, 0.6) is 0 Å². The van der Waals surface area contributed by atoms with Crippen LogP contribution >= 0.6 is 0 Å².